The predicted molar refractivity (Wildman–Crippen MR) is 67.6 cm³/mol. The summed E-state index contributed by atoms with van der Waals surface area (Å²) in [6.07, 6.45) is 1.22. The molecule has 0 saturated heterocycles. The molecule has 15 heavy (non-hydrogen) atoms. The molecule has 0 fully saturated rings. The maximum atomic E-state index is 5.91. The monoisotopic (exact) mass is 225 g/mol. The van der Waals surface area contributed by atoms with Crippen LogP contribution in [-0.4, -0.2) is 12.9 Å². The van der Waals surface area contributed by atoms with Crippen LogP contribution in [0.15, 0.2) is 23.1 Å². The smallest absolute Gasteiger partial charge is 0.120 e. The average Bonchev–Trinajstić information content (AvgIpc) is 2.20. The van der Waals surface area contributed by atoms with Crippen molar-refractivity contribution < 1.29 is 4.74 Å². The van der Waals surface area contributed by atoms with Crippen LogP contribution >= 0.6 is 11.8 Å². The van der Waals surface area contributed by atoms with Gasteiger partial charge in [0.1, 0.15) is 5.75 Å². The first kappa shape index (κ1) is 12.2. The molecule has 0 spiro atoms. The zero-order valence-electron chi connectivity index (χ0n) is 9.62. The second kappa shape index (κ2) is 5.91. The Morgan fingerprint density at radius 2 is 2.13 bits per heavy atom. The van der Waals surface area contributed by atoms with Gasteiger partial charge in [0, 0.05) is 16.6 Å². The maximum Gasteiger partial charge on any atom is 0.120 e. The molecule has 0 aliphatic carbocycles. The van der Waals surface area contributed by atoms with Gasteiger partial charge in [-0.2, -0.15) is 0 Å². The Hall–Kier alpha value is -0.830. The van der Waals surface area contributed by atoms with Crippen LogP contribution < -0.4 is 10.5 Å². The summed E-state index contributed by atoms with van der Waals surface area (Å²) in [6, 6.07) is 5.85. The van der Waals surface area contributed by atoms with E-state index < -0.39 is 0 Å². The molecule has 0 aliphatic rings. The van der Waals surface area contributed by atoms with Crippen LogP contribution in [-0.2, 0) is 0 Å². The minimum absolute atomic E-state index is 0.747. The quantitative estimate of drug-likeness (QED) is 0.616. The van der Waals surface area contributed by atoms with Crippen molar-refractivity contribution in [2.45, 2.75) is 25.2 Å². The molecular formula is C12H19NOS. The molecule has 1 rings (SSSR count). The fourth-order valence-electron chi connectivity index (χ4n) is 1.19. The lowest BCUT2D eigenvalue weighted by Gasteiger charge is -2.08. The highest BCUT2D eigenvalue weighted by Gasteiger charge is 2.02. The summed E-state index contributed by atoms with van der Waals surface area (Å²) in [4.78, 5) is 1.15. The second-order valence-electron chi connectivity index (χ2n) is 3.93. The van der Waals surface area contributed by atoms with E-state index in [1.54, 1.807) is 7.11 Å². The lowest BCUT2D eigenvalue weighted by atomic mass is 10.2. The first-order valence-electron chi connectivity index (χ1n) is 5.19. The van der Waals surface area contributed by atoms with Gasteiger partial charge in [-0.1, -0.05) is 13.8 Å². The van der Waals surface area contributed by atoms with Crippen molar-refractivity contribution in [2.75, 3.05) is 18.6 Å². The van der Waals surface area contributed by atoms with Gasteiger partial charge in [-0.05, 0) is 30.2 Å². The fraction of sp³-hybridized carbons (Fsp3) is 0.500. The number of hydrogen-bond donors (Lipinski definition) is 1. The van der Waals surface area contributed by atoms with E-state index in [0.29, 0.717) is 0 Å². The van der Waals surface area contributed by atoms with Gasteiger partial charge in [-0.15, -0.1) is 11.8 Å². The van der Waals surface area contributed by atoms with Crippen LogP contribution in [0.4, 0.5) is 5.69 Å². The number of nitrogen functional groups attached to an aromatic ring is 1. The summed E-state index contributed by atoms with van der Waals surface area (Å²) in [5, 5.41) is 0. The Balaban J connectivity index is 2.54. The lowest BCUT2D eigenvalue weighted by molar-refractivity contribution is 0.415. The van der Waals surface area contributed by atoms with Crippen molar-refractivity contribution in [3.05, 3.63) is 18.2 Å². The molecule has 84 valence electrons. The fourth-order valence-corrected chi connectivity index (χ4v) is 2.39. The van der Waals surface area contributed by atoms with Gasteiger partial charge >= 0.3 is 0 Å². The van der Waals surface area contributed by atoms with Crippen LogP contribution in [0.3, 0.4) is 0 Å². The first-order chi connectivity index (χ1) is 7.13. The molecule has 1 aromatic rings. The molecule has 0 aromatic heterocycles. The van der Waals surface area contributed by atoms with E-state index in [1.807, 2.05) is 30.0 Å². The van der Waals surface area contributed by atoms with Crippen LogP contribution in [0.1, 0.15) is 20.3 Å². The van der Waals surface area contributed by atoms with Crippen LogP contribution in [0.5, 0.6) is 5.75 Å². The van der Waals surface area contributed by atoms with Crippen molar-refractivity contribution in [3.8, 4) is 5.75 Å². The van der Waals surface area contributed by atoms with Crippen molar-refractivity contribution >= 4 is 17.4 Å². The molecule has 0 heterocycles. The molecule has 0 aliphatic heterocycles. The van der Waals surface area contributed by atoms with Crippen molar-refractivity contribution in [2.24, 2.45) is 5.92 Å². The second-order valence-corrected chi connectivity index (χ2v) is 5.07. The van der Waals surface area contributed by atoms with Gasteiger partial charge in [0.2, 0.25) is 0 Å². The highest BCUT2D eigenvalue weighted by Crippen LogP contribution is 2.29. The third-order valence-electron chi connectivity index (χ3n) is 2.17. The number of benzene rings is 1. The normalized spacial score (nSPS) is 10.7. The van der Waals surface area contributed by atoms with E-state index in [0.717, 1.165) is 28.0 Å². The molecule has 0 unspecified atom stereocenters. The van der Waals surface area contributed by atoms with Crippen LogP contribution in [0, 0.1) is 5.92 Å². The van der Waals surface area contributed by atoms with Gasteiger partial charge in [-0.3, -0.25) is 0 Å². The summed E-state index contributed by atoms with van der Waals surface area (Å²) in [7, 11) is 1.65. The molecule has 0 amide bonds. The third kappa shape index (κ3) is 4.04. The van der Waals surface area contributed by atoms with Crippen molar-refractivity contribution in [1.29, 1.82) is 0 Å². The van der Waals surface area contributed by atoms with E-state index in [9.17, 15) is 0 Å². The summed E-state index contributed by atoms with van der Waals surface area (Å²) in [6.45, 7) is 4.47. The van der Waals surface area contributed by atoms with Gasteiger partial charge in [0.15, 0.2) is 0 Å². The molecule has 1 aromatic carbocycles. The molecule has 2 nitrogen and oxygen atoms in total. The Bertz CT molecular complexity index is 312. The van der Waals surface area contributed by atoms with Gasteiger partial charge < -0.3 is 10.5 Å². The average molecular weight is 225 g/mol. The molecule has 0 atom stereocenters. The molecule has 3 heteroatoms. The van der Waals surface area contributed by atoms with E-state index in [-0.39, 0.29) is 0 Å². The van der Waals surface area contributed by atoms with E-state index in [4.69, 9.17) is 10.5 Å². The Morgan fingerprint density at radius 3 is 2.67 bits per heavy atom. The Kier molecular flexibility index (Phi) is 4.82. The number of nitrogens with two attached hydrogens (primary N) is 1. The minimum Gasteiger partial charge on any atom is -0.497 e. The Labute approximate surface area is 96.2 Å². The Morgan fingerprint density at radius 1 is 1.40 bits per heavy atom. The third-order valence-corrected chi connectivity index (χ3v) is 3.29. The van der Waals surface area contributed by atoms with Gasteiger partial charge in [0.25, 0.3) is 0 Å². The van der Waals surface area contributed by atoms with Crippen molar-refractivity contribution in [3.63, 3.8) is 0 Å². The van der Waals surface area contributed by atoms with E-state index in [2.05, 4.69) is 13.8 Å². The standard InChI is InChI=1S/C12H19NOS/c1-9(2)6-7-15-12-5-4-10(14-3)8-11(12)13/h4-5,8-9H,6-7,13H2,1-3H3. The SMILES string of the molecule is COc1ccc(SCCC(C)C)c(N)c1. The number of methoxy groups -OCH3 is 1. The zero-order chi connectivity index (χ0) is 11.3. The van der Waals surface area contributed by atoms with Gasteiger partial charge in [-0.25, -0.2) is 0 Å². The minimum atomic E-state index is 0.747. The maximum absolute atomic E-state index is 5.91. The van der Waals surface area contributed by atoms with E-state index in [1.165, 1.54) is 6.42 Å². The van der Waals surface area contributed by atoms with Crippen molar-refractivity contribution in [1.82, 2.24) is 0 Å². The largest absolute Gasteiger partial charge is 0.497 e. The molecular weight excluding hydrogens is 206 g/mol. The van der Waals surface area contributed by atoms with Gasteiger partial charge in [0.05, 0.1) is 7.11 Å². The number of rotatable bonds is 5. The molecule has 0 saturated carbocycles. The molecule has 0 radical (unpaired) electrons. The molecule has 2 N–H and O–H groups in total. The van der Waals surface area contributed by atoms with Crippen LogP contribution in [0.25, 0.3) is 0 Å². The highest BCUT2D eigenvalue weighted by atomic mass is 32.2. The lowest BCUT2D eigenvalue weighted by Crippen LogP contribution is -1.93. The summed E-state index contributed by atoms with van der Waals surface area (Å²) >= 11 is 1.81. The highest BCUT2D eigenvalue weighted by molar-refractivity contribution is 7.99. The summed E-state index contributed by atoms with van der Waals surface area (Å²) < 4.78 is 5.10. The number of thioether (sulfide) groups is 1. The summed E-state index contributed by atoms with van der Waals surface area (Å²) in [5.41, 5.74) is 6.72. The number of ether oxygens (including phenoxy) is 1. The number of hydrogen-bond acceptors (Lipinski definition) is 3. The van der Waals surface area contributed by atoms with Crippen LogP contribution in [0.2, 0.25) is 0 Å². The first-order valence-corrected chi connectivity index (χ1v) is 6.18. The zero-order valence-corrected chi connectivity index (χ0v) is 10.4. The predicted octanol–water partition coefficient (Wildman–Crippen LogP) is 3.42. The number of anilines is 1. The molecule has 0 bridgehead atoms. The van der Waals surface area contributed by atoms with E-state index >= 15 is 0 Å². The summed E-state index contributed by atoms with van der Waals surface area (Å²) in [5.74, 6) is 2.69. The topological polar surface area (TPSA) is 35.2 Å².